The van der Waals surface area contributed by atoms with Crippen LogP contribution >= 0.6 is 11.8 Å². The van der Waals surface area contributed by atoms with E-state index in [2.05, 4.69) is 16.4 Å². The summed E-state index contributed by atoms with van der Waals surface area (Å²) in [5.41, 5.74) is 4.21. The van der Waals surface area contributed by atoms with E-state index >= 15 is 0 Å². The van der Waals surface area contributed by atoms with Gasteiger partial charge in [-0.15, -0.1) is 11.8 Å². The predicted molar refractivity (Wildman–Crippen MR) is 152 cm³/mol. The normalized spacial score (nSPS) is 10.4. The van der Waals surface area contributed by atoms with Crippen LogP contribution in [0.5, 0.6) is 17.2 Å². The molecule has 0 radical (unpaired) electrons. The van der Waals surface area contributed by atoms with E-state index in [9.17, 15) is 10.1 Å². The molecule has 198 valence electrons. The number of thioether (sulfide) groups is 1. The maximum absolute atomic E-state index is 12.6. The van der Waals surface area contributed by atoms with Gasteiger partial charge in [0.15, 0.2) is 11.5 Å². The number of nitriles is 1. The van der Waals surface area contributed by atoms with E-state index in [-0.39, 0.29) is 12.3 Å². The molecule has 2 aromatic carbocycles. The Morgan fingerprint density at radius 1 is 0.923 bits per heavy atom. The third-order valence-corrected chi connectivity index (χ3v) is 6.84. The number of nitrogens with one attached hydrogen (secondary N) is 1. The highest BCUT2D eigenvalue weighted by Gasteiger charge is 2.20. The van der Waals surface area contributed by atoms with Gasteiger partial charge in [-0.1, -0.05) is 36.4 Å². The Bertz CT molecular complexity index is 1490. The van der Waals surface area contributed by atoms with Crippen molar-refractivity contribution in [3.63, 3.8) is 0 Å². The van der Waals surface area contributed by atoms with Crippen LogP contribution < -0.4 is 19.5 Å². The lowest BCUT2D eigenvalue weighted by Crippen LogP contribution is -2.13. The first kappa shape index (κ1) is 27.5. The first-order valence-electron chi connectivity index (χ1n) is 12.1. The molecule has 0 bridgehead atoms. The van der Waals surface area contributed by atoms with Crippen LogP contribution in [-0.2, 0) is 4.79 Å². The Kier molecular flexibility index (Phi) is 9.02. The van der Waals surface area contributed by atoms with Gasteiger partial charge < -0.3 is 19.5 Å². The van der Waals surface area contributed by atoms with Crippen molar-refractivity contribution < 1.29 is 19.0 Å². The molecule has 0 aliphatic rings. The number of nitrogens with zero attached hydrogens (tertiary/aromatic N) is 3. The molecule has 0 spiro atoms. The van der Waals surface area contributed by atoms with Crippen LogP contribution in [0, 0.1) is 18.3 Å². The fourth-order valence-corrected chi connectivity index (χ4v) is 4.96. The van der Waals surface area contributed by atoms with Crippen molar-refractivity contribution in [2.45, 2.75) is 18.4 Å². The molecule has 4 aromatic rings. The van der Waals surface area contributed by atoms with E-state index in [0.717, 1.165) is 11.3 Å². The average Bonchev–Trinajstić information content (AvgIpc) is 2.96. The predicted octanol–water partition coefficient (Wildman–Crippen LogP) is 6.14. The van der Waals surface area contributed by atoms with Crippen LogP contribution in [0.3, 0.4) is 0 Å². The second-order valence-electron chi connectivity index (χ2n) is 8.44. The van der Waals surface area contributed by atoms with Crippen molar-refractivity contribution in [2.24, 2.45) is 0 Å². The number of amides is 1. The molecular weight excluding hydrogens is 512 g/mol. The summed E-state index contributed by atoms with van der Waals surface area (Å²) in [4.78, 5) is 21.7. The second-order valence-corrected chi connectivity index (χ2v) is 9.52. The molecule has 0 atom stereocenters. The Labute approximate surface area is 232 Å². The van der Waals surface area contributed by atoms with Crippen molar-refractivity contribution in [3.05, 3.63) is 78.0 Å². The number of carbonyl (C=O) groups excluding carboxylic acids is 1. The molecule has 0 fully saturated rings. The van der Waals surface area contributed by atoms with E-state index in [1.165, 1.54) is 11.8 Å². The Morgan fingerprint density at radius 2 is 1.64 bits per heavy atom. The molecular formula is C30H28N4O4S. The number of methoxy groups -OCH3 is 3. The number of anilines is 1. The third-order valence-electron chi connectivity index (χ3n) is 5.87. The van der Waals surface area contributed by atoms with Crippen LogP contribution in [0.2, 0.25) is 0 Å². The summed E-state index contributed by atoms with van der Waals surface area (Å²) in [5.74, 6) is 2.18. The second kappa shape index (κ2) is 12.8. The van der Waals surface area contributed by atoms with Gasteiger partial charge in [-0.2, -0.15) is 5.26 Å². The fourth-order valence-electron chi connectivity index (χ4n) is 4.01. The van der Waals surface area contributed by atoms with Gasteiger partial charge in [0.2, 0.25) is 11.7 Å². The molecule has 1 N–H and O–H groups in total. The lowest BCUT2D eigenvalue weighted by molar-refractivity contribution is -0.115. The molecule has 39 heavy (non-hydrogen) atoms. The van der Waals surface area contributed by atoms with Gasteiger partial charge >= 0.3 is 0 Å². The largest absolute Gasteiger partial charge is 0.493 e. The molecule has 2 aromatic heterocycles. The third kappa shape index (κ3) is 6.48. The van der Waals surface area contributed by atoms with Crippen molar-refractivity contribution >= 4 is 23.5 Å². The summed E-state index contributed by atoms with van der Waals surface area (Å²) in [6.07, 6.45) is 0.224. The minimum absolute atomic E-state index is 0.164. The summed E-state index contributed by atoms with van der Waals surface area (Å²) >= 11 is 1.36. The fraction of sp³-hybridized carbons (Fsp3) is 0.200. The lowest BCUT2D eigenvalue weighted by Gasteiger charge is -2.16. The number of hydrogen-bond donors (Lipinski definition) is 1. The summed E-state index contributed by atoms with van der Waals surface area (Å²) in [6, 6.07) is 23.0. The van der Waals surface area contributed by atoms with Gasteiger partial charge in [-0.25, -0.2) is 9.97 Å². The zero-order chi connectivity index (χ0) is 27.8. The first-order valence-corrected chi connectivity index (χ1v) is 13.1. The molecule has 0 aliphatic heterocycles. The average molecular weight is 541 g/mol. The molecule has 0 saturated carbocycles. The molecule has 0 aliphatic carbocycles. The van der Waals surface area contributed by atoms with Gasteiger partial charge in [0, 0.05) is 29.0 Å². The van der Waals surface area contributed by atoms with Crippen molar-refractivity contribution in [3.8, 4) is 45.7 Å². The number of carbonyl (C=O) groups is 1. The molecule has 0 saturated heterocycles. The first-order chi connectivity index (χ1) is 19.0. The number of hydrogen-bond acceptors (Lipinski definition) is 8. The summed E-state index contributed by atoms with van der Waals surface area (Å²) in [5, 5.41) is 13.6. The number of benzene rings is 2. The summed E-state index contributed by atoms with van der Waals surface area (Å²) < 4.78 is 16.6. The number of ether oxygens (including phenoxy) is 3. The summed E-state index contributed by atoms with van der Waals surface area (Å²) in [6.45, 7) is 1.87. The highest BCUT2D eigenvalue weighted by atomic mass is 32.2. The number of aryl methyl sites for hydroxylation is 1. The van der Waals surface area contributed by atoms with Crippen molar-refractivity contribution in [1.82, 2.24) is 9.97 Å². The van der Waals surface area contributed by atoms with Crippen LogP contribution in [0.4, 0.5) is 5.82 Å². The lowest BCUT2D eigenvalue weighted by atomic mass is 9.98. The smallest absolute Gasteiger partial charge is 0.226 e. The van der Waals surface area contributed by atoms with E-state index in [4.69, 9.17) is 19.2 Å². The van der Waals surface area contributed by atoms with E-state index in [1.54, 1.807) is 27.4 Å². The quantitative estimate of drug-likeness (QED) is 0.239. The highest BCUT2D eigenvalue weighted by molar-refractivity contribution is 7.99. The zero-order valence-electron chi connectivity index (χ0n) is 22.1. The number of aromatic nitrogens is 2. The minimum Gasteiger partial charge on any atom is -0.493 e. The van der Waals surface area contributed by atoms with Crippen LogP contribution in [-0.4, -0.2) is 43.0 Å². The van der Waals surface area contributed by atoms with Gasteiger partial charge in [0.25, 0.3) is 0 Å². The van der Waals surface area contributed by atoms with Crippen molar-refractivity contribution in [1.29, 1.82) is 5.26 Å². The van der Waals surface area contributed by atoms with Gasteiger partial charge in [-0.05, 0) is 42.8 Å². The SMILES string of the molecule is COc1cc(-c2cc(-c3ccccc3)nc(SCCC(=O)Nc3cccc(C)n3)c2C#N)cc(OC)c1OC. The Hall–Kier alpha value is -4.55. The van der Waals surface area contributed by atoms with Crippen molar-refractivity contribution in [2.75, 3.05) is 32.4 Å². The molecule has 0 unspecified atom stereocenters. The van der Waals surface area contributed by atoms with Gasteiger partial charge in [0.1, 0.15) is 16.9 Å². The van der Waals surface area contributed by atoms with Crippen LogP contribution in [0.25, 0.3) is 22.4 Å². The number of rotatable bonds is 10. The Balaban J connectivity index is 1.70. The van der Waals surface area contributed by atoms with Crippen LogP contribution in [0.15, 0.2) is 71.8 Å². The van der Waals surface area contributed by atoms with Gasteiger partial charge in [-0.3, -0.25) is 4.79 Å². The maximum atomic E-state index is 12.6. The topological polar surface area (TPSA) is 106 Å². The van der Waals surface area contributed by atoms with Crippen LogP contribution in [0.1, 0.15) is 17.7 Å². The molecule has 1 amide bonds. The maximum Gasteiger partial charge on any atom is 0.226 e. The Morgan fingerprint density at radius 3 is 2.26 bits per heavy atom. The van der Waals surface area contributed by atoms with Gasteiger partial charge in [0.05, 0.1) is 32.6 Å². The molecule has 8 nitrogen and oxygen atoms in total. The molecule has 2 heterocycles. The van der Waals surface area contributed by atoms with E-state index < -0.39 is 0 Å². The number of pyridine rings is 2. The highest BCUT2D eigenvalue weighted by Crippen LogP contribution is 2.43. The summed E-state index contributed by atoms with van der Waals surface area (Å²) in [7, 11) is 4.64. The zero-order valence-corrected chi connectivity index (χ0v) is 23.0. The van der Waals surface area contributed by atoms with E-state index in [0.29, 0.717) is 56.2 Å². The van der Waals surface area contributed by atoms with E-state index in [1.807, 2.05) is 67.6 Å². The minimum atomic E-state index is -0.164. The molecule has 9 heteroatoms. The monoisotopic (exact) mass is 540 g/mol. The standard InChI is InChI=1S/C30H28N4O4S/c1-19-9-8-12-27(32-19)34-28(35)13-14-39-30-23(18-31)22(17-24(33-30)20-10-6-5-7-11-20)21-15-25(36-2)29(38-4)26(16-21)37-3/h5-12,15-17H,13-14H2,1-4H3,(H,32,34,35). The molecule has 4 rings (SSSR count).